The van der Waals surface area contributed by atoms with Gasteiger partial charge in [-0.3, -0.25) is 4.99 Å². The lowest BCUT2D eigenvalue weighted by atomic mass is 10.1. The van der Waals surface area contributed by atoms with Gasteiger partial charge in [-0.15, -0.1) is 0 Å². The van der Waals surface area contributed by atoms with Crippen LogP contribution in [0.25, 0.3) is 0 Å². The maximum atomic E-state index is 8.90. The predicted molar refractivity (Wildman–Crippen MR) is 70.8 cm³/mol. The van der Waals surface area contributed by atoms with Crippen LogP contribution in [0.2, 0.25) is 0 Å². The fraction of sp³-hybridized carbons (Fsp3) is 0.615. The maximum Gasteiger partial charge on any atom is 0.0494 e. The minimum absolute atomic E-state index is 0.174. The van der Waals surface area contributed by atoms with Gasteiger partial charge in [0.2, 0.25) is 0 Å². The Morgan fingerprint density at radius 3 is 2.50 bits per heavy atom. The molecule has 0 spiro atoms. The number of aliphatic imine (C=N–C) groups is 1. The molecule has 16 heavy (non-hydrogen) atoms. The molecule has 0 aromatic carbocycles. The van der Waals surface area contributed by atoms with Crippen LogP contribution in [0.3, 0.4) is 0 Å². The van der Waals surface area contributed by atoms with E-state index >= 15 is 0 Å². The number of nitrogens with one attached hydrogen (secondary N) is 1. The summed E-state index contributed by atoms with van der Waals surface area (Å²) in [4.78, 5) is 4.24. The van der Waals surface area contributed by atoms with Gasteiger partial charge in [0.25, 0.3) is 0 Å². The van der Waals surface area contributed by atoms with Crippen LogP contribution in [0.4, 0.5) is 0 Å². The highest BCUT2D eigenvalue weighted by Gasteiger charge is 2.06. The van der Waals surface area contributed by atoms with Gasteiger partial charge in [-0.2, -0.15) is 0 Å². The molecule has 3 heteroatoms. The molecule has 0 fully saturated rings. The van der Waals surface area contributed by atoms with Gasteiger partial charge in [0.05, 0.1) is 0 Å². The summed E-state index contributed by atoms with van der Waals surface area (Å²) >= 11 is 0. The first-order valence-corrected chi connectivity index (χ1v) is 5.88. The zero-order valence-electron chi connectivity index (χ0n) is 10.8. The van der Waals surface area contributed by atoms with E-state index in [9.17, 15) is 0 Å². The highest BCUT2D eigenvalue weighted by atomic mass is 16.3. The van der Waals surface area contributed by atoms with Gasteiger partial charge >= 0.3 is 0 Å². The topological polar surface area (TPSA) is 44.6 Å². The number of hydrogen-bond donors (Lipinski definition) is 2. The Bertz CT molecular complexity index is 267. The van der Waals surface area contributed by atoms with Crippen LogP contribution in [-0.2, 0) is 0 Å². The van der Waals surface area contributed by atoms with Crippen molar-refractivity contribution in [1.29, 1.82) is 0 Å². The van der Waals surface area contributed by atoms with Crippen molar-refractivity contribution < 1.29 is 5.11 Å². The van der Waals surface area contributed by atoms with Crippen LogP contribution in [-0.4, -0.2) is 30.5 Å². The van der Waals surface area contributed by atoms with Gasteiger partial charge in [-0.05, 0) is 33.3 Å². The molecular weight excluding hydrogens is 200 g/mol. The highest BCUT2D eigenvalue weighted by molar-refractivity contribution is 5.80. The van der Waals surface area contributed by atoms with Crippen molar-refractivity contribution in [3.8, 4) is 0 Å². The second-order valence-electron chi connectivity index (χ2n) is 3.57. The van der Waals surface area contributed by atoms with E-state index in [4.69, 9.17) is 5.11 Å². The SMILES string of the molecule is C/C=C(/CCO)NC(C)/C(C=NCC)=C/C. The summed E-state index contributed by atoms with van der Waals surface area (Å²) in [6.45, 7) is 9.07. The standard InChI is InChI=1S/C13H24N2O/c1-5-12(10-14-7-3)11(4)15-13(6-2)8-9-16/h5-6,10-11,15-16H,7-9H2,1-4H3/b12-5+,13-6-,14-10?. The Morgan fingerprint density at radius 1 is 1.38 bits per heavy atom. The van der Waals surface area contributed by atoms with Crippen LogP contribution in [0.5, 0.6) is 0 Å². The summed E-state index contributed by atoms with van der Waals surface area (Å²) in [5.74, 6) is 0. The average molecular weight is 224 g/mol. The molecular formula is C13H24N2O. The smallest absolute Gasteiger partial charge is 0.0494 e. The van der Waals surface area contributed by atoms with E-state index in [0.717, 1.165) is 12.2 Å². The minimum Gasteiger partial charge on any atom is -0.396 e. The summed E-state index contributed by atoms with van der Waals surface area (Å²) in [5, 5.41) is 12.3. The van der Waals surface area contributed by atoms with Crippen LogP contribution in [0, 0.1) is 0 Å². The van der Waals surface area contributed by atoms with Gasteiger partial charge < -0.3 is 10.4 Å². The number of hydrogen-bond acceptors (Lipinski definition) is 3. The van der Waals surface area contributed by atoms with Crippen molar-refractivity contribution in [2.75, 3.05) is 13.2 Å². The lowest BCUT2D eigenvalue weighted by Crippen LogP contribution is -2.28. The van der Waals surface area contributed by atoms with Crippen molar-refractivity contribution in [3.63, 3.8) is 0 Å². The van der Waals surface area contributed by atoms with E-state index < -0.39 is 0 Å². The highest BCUT2D eigenvalue weighted by Crippen LogP contribution is 2.04. The quantitative estimate of drug-likeness (QED) is 0.652. The fourth-order valence-corrected chi connectivity index (χ4v) is 1.41. The third-order valence-electron chi connectivity index (χ3n) is 2.39. The molecule has 92 valence electrons. The second kappa shape index (κ2) is 9.16. The van der Waals surface area contributed by atoms with E-state index in [0.29, 0.717) is 6.42 Å². The lowest BCUT2D eigenvalue weighted by Gasteiger charge is -2.18. The van der Waals surface area contributed by atoms with Gasteiger partial charge in [-0.25, -0.2) is 0 Å². The normalized spacial score (nSPS) is 15.6. The van der Waals surface area contributed by atoms with Gasteiger partial charge in [0.1, 0.15) is 0 Å². The molecule has 0 aliphatic rings. The van der Waals surface area contributed by atoms with Crippen molar-refractivity contribution >= 4 is 6.21 Å². The first kappa shape index (κ1) is 14.9. The van der Waals surface area contributed by atoms with Crippen LogP contribution >= 0.6 is 0 Å². The number of allylic oxidation sites excluding steroid dienone is 2. The van der Waals surface area contributed by atoms with Crippen LogP contribution < -0.4 is 5.32 Å². The molecule has 0 aliphatic carbocycles. The third-order valence-corrected chi connectivity index (χ3v) is 2.39. The molecule has 0 aromatic rings. The Morgan fingerprint density at radius 2 is 2.06 bits per heavy atom. The number of rotatable bonds is 7. The van der Waals surface area contributed by atoms with Crippen molar-refractivity contribution in [3.05, 3.63) is 23.4 Å². The average Bonchev–Trinajstić information content (AvgIpc) is 2.29. The molecule has 0 aliphatic heterocycles. The van der Waals surface area contributed by atoms with E-state index in [1.807, 2.05) is 33.1 Å². The van der Waals surface area contributed by atoms with Crippen LogP contribution in [0.15, 0.2) is 28.4 Å². The Balaban J connectivity index is 4.42. The van der Waals surface area contributed by atoms with Gasteiger partial charge in [-0.1, -0.05) is 12.2 Å². The molecule has 0 bridgehead atoms. The Hall–Kier alpha value is -1.09. The van der Waals surface area contributed by atoms with Crippen LogP contribution in [0.1, 0.15) is 34.1 Å². The number of nitrogens with zero attached hydrogens (tertiary/aromatic N) is 1. The minimum atomic E-state index is 0.174. The zero-order chi connectivity index (χ0) is 12.4. The number of aliphatic hydroxyl groups is 1. The molecule has 0 heterocycles. The number of aliphatic hydroxyl groups excluding tert-OH is 1. The van der Waals surface area contributed by atoms with E-state index in [2.05, 4.69) is 23.3 Å². The summed E-state index contributed by atoms with van der Waals surface area (Å²) in [7, 11) is 0. The maximum absolute atomic E-state index is 8.90. The monoisotopic (exact) mass is 224 g/mol. The Labute approximate surface area is 99.0 Å². The molecule has 0 aromatic heterocycles. The second-order valence-corrected chi connectivity index (χ2v) is 3.57. The third kappa shape index (κ3) is 5.71. The molecule has 1 atom stereocenters. The zero-order valence-corrected chi connectivity index (χ0v) is 10.8. The fourth-order valence-electron chi connectivity index (χ4n) is 1.41. The van der Waals surface area contributed by atoms with Crippen molar-refractivity contribution in [2.45, 2.75) is 40.2 Å². The largest absolute Gasteiger partial charge is 0.396 e. The lowest BCUT2D eigenvalue weighted by molar-refractivity contribution is 0.295. The molecule has 3 nitrogen and oxygen atoms in total. The van der Waals surface area contributed by atoms with Crippen molar-refractivity contribution in [2.24, 2.45) is 4.99 Å². The summed E-state index contributed by atoms with van der Waals surface area (Å²) in [5.41, 5.74) is 2.23. The molecule has 0 saturated carbocycles. The molecule has 0 saturated heterocycles. The van der Waals surface area contributed by atoms with Gasteiger partial charge in [0, 0.05) is 37.5 Å². The summed E-state index contributed by atoms with van der Waals surface area (Å²) in [6, 6.07) is 0.220. The van der Waals surface area contributed by atoms with Crippen molar-refractivity contribution in [1.82, 2.24) is 5.32 Å². The van der Waals surface area contributed by atoms with E-state index in [1.165, 1.54) is 5.57 Å². The van der Waals surface area contributed by atoms with E-state index in [-0.39, 0.29) is 12.6 Å². The Kier molecular flexibility index (Phi) is 8.53. The predicted octanol–water partition coefficient (Wildman–Crippen LogP) is 2.29. The molecule has 1 unspecified atom stereocenters. The molecule has 0 rings (SSSR count). The summed E-state index contributed by atoms with van der Waals surface area (Å²) < 4.78 is 0. The first-order valence-electron chi connectivity index (χ1n) is 5.88. The molecule has 2 N–H and O–H groups in total. The first-order chi connectivity index (χ1) is 7.69. The molecule has 0 radical (unpaired) electrons. The summed E-state index contributed by atoms with van der Waals surface area (Å²) in [6.07, 6.45) is 6.63. The van der Waals surface area contributed by atoms with E-state index in [1.54, 1.807) is 0 Å². The van der Waals surface area contributed by atoms with Gasteiger partial charge in [0.15, 0.2) is 0 Å². The molecule has 0 amide bonds.